The normalized spacial score (nSPS) is 9.93. The van der Waals surface area contributed by atoms with Crippen LogP contribution < -0.4 is 0 Å². The van der Waals surface area contributed by atoms with E-state index in [1.54, 1.807) is 14.0 Å². The second kappa shape index (κ2) is 14.5. The maximum atomic E-state index is 12.1. The van der Waals surface area contributed by atoms with Crippen LogP contribution >= 0.6 is 7.59 Å². The first-order chi connectivity index (χ1) is 4.83. The Kier molecular flexibility index (Phi) is 30.5. The van der Waals surface area contributed by atoms with Crippen molar-refractivity contribution in [3.05, 3.63) is 0 Å². The zero-order valence-corrected chi connectivity index (χ0v) is 21.1. The van der Waals surface area contributed by atoms with Crippen molar-refractivity contribution in [1.29, 1.82) is 0 Å². The Bertz CT molecular complexity index is 151. The van der Waals surface area contributed by atoms with Crippen LogP contribution in [0.15, 0.2) is 0 Å². The average molecular weight is 271 g/mol. The quantitative estimate of drug-likeness (QED) is 0.499. The molecule has 0 unspecified atom stereocenters. The fourth-order valence-corrected chi connectivity index (χ4v) is 3.22. The van der Waals surface area contributed by atoms with E-state index < -0.39 is 7.59 Å². The molecule has 9 heteroatoms. The topological polar surface area (TPSA) is 26.8 Å². The standard InChI is InChI=1S/C6H18N3OP.4Na/c1-7(2)11(10,8(3)4)9(5)6;;;;/h1-6H3;;;;. The first-order valence-corrected chi connectivity index (χ1v) is 5.03. The molecule has 0 aromatic heterocycles. The average Bonchev–Trinajstić information content (AvgIpc) is 1.84. The third-order valence-electron chi connectivity index (χ3n) is 1.56. The van der Waals surface area contributed by atoms with Crippen molar-refractivity contribution in [2.24, 2.45) is 0 Å². The maximum absolute atomic E-state index is 12.1. The minimum Gasteiger partial charge on any atom is -0.270 e. The van der Waals surface area contributed by atoms with Crippen LogP contribution in [0, 0.1) is 0 Å². The van der Waals surface area contributed by atoms with Gasteiger partial charge >= 0.3 is 0 Å². The van der Waals surface area contributed by atoms with Gasteiger partial charge in [0.25, 0.3) is 7.59 Å². The minimum absolute atomic E-state index is 0. The van der Waals surface area contributed by atoms with E-state index in [1.165, 1.54) is 0 Å². The third-order valence-corrected chi connectivity index (χ3v) is 4.69. The predicted molar refractivity (Wildman–Crippen MR) is 71.7 cm³/mol. The molecule has 0 saturated carbocycles. The first-order valence-electron chi connectivity index (χ1n) is 3.47. The van der Waals surface area contributed by atoms with Crippen molar-refractivity contribution in [1.82, 2.24) is 14.0 Å². The Morgan fingerprint density at radius 3 is 0.733 bits per heavy atom. The number of hydrogen-bond acceptors (Lipinski definition) is 1. The van der Waals surface area contributed by atoms with E-state index in [0.717, 1.165) is 0 Å². The minimum atomic E-state index is -2.44. The van der Waals surface area contributed by atoms with Crippen LogP contribution in [0.5, 0.6) is 0 Å². The molecule has 15 heavy (non-hydrogen) atoms. The van der Waals surface area contributed by atoms with Crippen molar-refractivity contribution in [2.75, 3.05) is 42.3 Å². The van der Waals surface area contributed by atoms with Crippen molar-refractivity contribution >= 4 is 126 Å². The SMILES string of the molecule is CN(C)P(=O)(N(C)C)N(C)C.[Na].[Na].[Na].[Na]. The van der Waals surface area contributed by atoms with E-state index in [1.807, 2.05) is 42.3 Å². The van der Waals surface area contributed by atoms with Gasteiger partial charge in [-0.3, -0.25) is 4.57 Å². The van der Waals surface area contributed by atoms with Crippen molar-refractivity contribution < 1.29 is 4.57 Å². The molecule has 0 aliphatic rings. The Morgan fingerprint density at radius 1 is 0.600 bits per heavy atom. The molecular weight excluding hydrogens is 253 g/mol. The molecule has 0 N–H and O–H groups in total. The maximum Gasteiger partial charge on any atom is 0.285 e. The van der Waals surface area contributed by atoms with Gasteiger partial charge in [-0.05, 0) is 42.3 Å². The molecule has 0 rings (SSSR count). The summed E-state index contributed by atoms with van der Waals surface area (Å²) in [6.07, 6.45) is 0. The van der Waals surface area contributed by atoms with Crippen LogP contribution in [0.25, 0.3) is 0 Å². The third kappa shape index (κ3) is 9.61. The van der Waals surface area contributed by atoms with E-state index in [-0.39, 0.29) is 118 Å². The molecule has 4 radical (unpaired) electrons. The van der Waals surface area contributed by atoms with Crippen LogP contribution in [0.2, 0.25) is 0 Å². The van der Waals surface area contributed by atoms with Crippen LogP contribution in [0.3, 0.4) is 0 Å². The van der Waals surface area contributed by atoms with Crippen LogP contribution in [0.1, 0.15) is 0 Å². The molecule has 72 valence electrons. The summed E-state index contributed by atoms with van der Waals surface area (Å²) in [6, 6.07) is 0. The summed E-state index contributed by atoms with van der Waals surface area (Å²) >= 11 is 0. The fourth-order valence-electron chi connectivity index (χ4n) is 1.07. The van der Waals surface area contributed by atoms with E-state index in [4.69, 9.17) is 0 Å². The van der Waals surface area contributed by atoms with Gasteiger partial charge in [0.2, 0.25) is 0 Å². The molecule has 4 nitrogen and oxygen atoms in total. The molecule has 0 aliphatic carbocycles. The van der Waals surface area contributed by atoms with Crippen molar-refractivity contribution in [2.45, 2.75) is 0 Å². The Labute approximate surface area is 183 Å². The van der Waals surface area contributed by atoms with Gasteiger partial charge in [0.1, 0.15) is 0 Å². The first kappa shape index (κ1) is 31.5. The van der Waals surface area contributed by atoms with E-state index in [9.17, 15) is 4.57 Å². The molecule has 0 spiro atoms. The van der Waals surface area contributed by atoms with E-state index in [0.29, 0.717) is 0 Å². The van der Waals surface area contributed by atoms with Gasteiger partial charge in [-0.25, -0.2) is 14.0 Å². The van der Waals surface area contributed by atoms with E-state index in [2.05, 4.69) is 0 Å². The molecule has 0 atom stereocenters. The molecule has 0 bridgehead atoms. The number of rotatable bonds is 3. The van der Waals surface area contributed by atoms with Gasteiger partial charge in [0, 0.05) is 118 Å². The zero-order chi connectivity index (χ0) is 9.23. The number of hydrogen-bond donors (Lipinski definition) is 0. The summed E-state index contributed by atoms with van der Waals surface area (Å²) in [7, 11) is 8.49. The summed E-state index contributed by atoms with van der Waals surface area (Å²) in [5.41, 5.74) is 0. The molecule has 0 fully saturated rings. The molecule has 0 aromatic carbocycles. The summed E-state index contributed by atoms with van der Waals surface area (Å²) in [6.45, 7) is 0. The van der Waals surface area contributed by atoms with Crippen LogP contribution in [-0.2, 0) is 4.57 Å². The summed E-state index contributed by atoms with van der Waals surface area (Å²) in [5.74, 6) is 0. The van der Waals surface area contributed by atoms with Crippen molar-refractivity contribution in [3.63, 3.8) is 0 Å². The largest absolute Gasteiger partial charge is 0.285 e. The zero-order valence-electron chi connectivity index (χ0n) is 12.2. The molecule has 0 aliphatic heterocycles. The number of nitrogens with zero attached hydrogens (tertiary/aromatic N) is 3. The van der Waals surface area contributed by atoms with Gasteiger partial charge < -0.3 is 0 Å². The summed E-state index contributed by atoms with van der Waals surface area (Å²) in [4.78, 5) is 0. The van der Waals surface area contributed by atoms with Crippen LogP contribution in [-0.4, -0.2) is 175 Å². The van der Waals surface area contributed by atoms with Gasteiger partial charge in [-0.1, -0.05) is 0 Å². The van der Waals surface area contributed by atoms with Gasteiger partial charge in [-0.2, -0.15) is 0 Å². The molecule has 0 amide bonds. The summed E-state index contributed by atoms with van der Waals surface area (Å²) < 4.78 is 17.3. The Balaban J connectivity index is -0.0000000833. The monoisotopic (exact) mass is 271 g/mol. The van der Waals surface area contributed by atoms with Gasteiger partial charge in [0.05, 0.1) is 0 Å². The Hall–Kier alpha value is 4.11. The van der Waals surface area contributed by atoms with Gasteiger partial charge in [0.15, 0.2) is 0 Å². The Morgan fingerprint density at radius 2 is 0.733 bits per heavy atom. The second-order valence-corrected chi connectivity index (χ2v) is 6.48. The molecule has 0 saturated heterocycles. The van der Waals surface area contributed by atoms with Gasteiger partial charge in [-0.15, -0.1) is 0 Å². The molecule has 0 heterocycles. The van der Waals surface area contributed by atoms with Crippen LogP contribution in [0.4, 0.5) is 0 Å². The smallest absolute Gasteiger partial charge is 0.270 e. The second-order valence-electron chi connectivity index (χ2n) is 3.05. The predicted octanol–water partition coefficient (Wildman–Crippen LogP) is -0.744. The summed E-state index contributed by atoms with van der Waals surface area (Å²) in [5, 5.41) is 0. The fraction of sp³-hybridized carbons (Fsp3) is 1.00. The molecular formula is C6H18N3Na4OP. The van der Waals surface area contributed by atoms with E-state index >= 15 is 0 Å². The van der Waals surface area contributed by atoms with Crippen molar-refractivity contribution in [3.8, 4) is 0 Å². The molecule has 0 aromatic rings.